The molecular formula is C43H40Cl2N4O5. The van der Waals surface area contributed by atoms with Crippen LogP contribution >= 0.6 is 23.2 Å². The molecule has 0 amide bonds. The highest BCUT2D eigenvalue weighted by Gasteiger charge is 2.39. The Hall–Kier alpha value is -4.61. The van der Waals surface area contributed by atoms with Crippen LogP contribution in [-0.2, 0) is 27.1 Å². The first-order chi connectivity index (χ1) is 26.4. The maximum absolute atomic E-state index is 15.6. The molecule has 9 nitrogen and oxygen atoms in total. The van der Waals surface area contributed by atoms with E-state index in [-0.39, 0.29) is 30.2 Å². The molecule has 2 unspecified atom stereocenters. The summed E-state index contributed by atoms with van der Waals surface area (Å²) in [5, 5.41) is 2.78. The Kier molecular flexibility index (Phi) is 10.8. The Labute approximate surface area is 323 Å². The third-order valence-electron chi connectivity index (χ3n) is 10.7. The predicted octanol–water partition coefficient (Wildman–Crippen LogP) is 7.17. The average molecular weight is 764 g/mol. The molecule has 2 aromatic heterocycles. The summed E-state index contributed by atoms with van der Waals surface area (Å²) in [5.74, 6) is -0.295. The van der Waals surface area contributed by atoms with Crippen LogP contribution in [0.4, 0.5) is 0 Å². The van der Waals surface area contributed by atoms with Gasteiger partial charge in [-0.1, -0.05) is 96.0 Å². The van der Waals surface area contributed by atoms with Gasteiger partial charge in [0, 0.05) is 69.2 Å². The average Bonchev–Trinajstić information content (AvgIpc) is 3.76. The van der Waals surface area contributed by atoms with Crippen LogP contribution in [0.15, 0.2) is 97.1 Å². The number of rotatable bonds is 12. The van der Waals surface area contributed by atoms with E-state index in [1.807, 2.05) is 72.8 Å². The molecule has 4 heterocycles. The van der Waals surface area contributed by atoms with E-state index in [1.165, 1.54) is 0 Å². The largest absolute Gasteiger partial charge is 0.379 e. The van der Waals surface area contributed by atoms with Crippen molar-refractivity contribution in [2.45, 2.75) is 24.9 Å². The van der Waals surface area contributed by atoms with Gasteiger partial charge in [0.05, 0.1) is 49.9 Å². The van der Waals surface area contributed by atoms with E-state index in [4.69, 9.17) is 32.7 Å². The molecule has 2 N–H and O–H groups in total. The Bertz CT molecular complexity index is 2150. The Morgan fingerprint density at radius 1 is 0.574 bits per heavy atom. The van der Waals surface area contributed by atoms with Crippen molar-refractivity contribution in [2.24, 2.45) is 0 Å². The highest BCUT2D eigenvalue weighted by Crippen LogP contribution is 2.33. The van der Waals surface area contributed by atoms with Gasteiger partial charge in [0.1, 0.15) is 0 Å². The Balaban J connectivity index is 1.24. The number of aromatic amines is 2. The molecule has 2 aliphatic heterocycles. The second-order valence-corrected chi connectivity index (χ2v) is 14.7. The van der Waals surface area contributed by atoms with Gasteiger partial charge in [-0.2, -0.15) is 0 Å². The normalized spacial score (nSPS) is 16.8. The fourth-order valence-corrected chi connectivity index (χ4v) is 8.29. The van der Waals surface area contributed by atoms with Crippen molar-refractivity contribution < 1.29 is 23.9 Å². The molecule has 0 spiro atoms. The van der Waals surface area contributed by atoms with Crippen LogP contribution in [0.5, 0.6) is 0 Å². The van der Waals surface area contributed by atoms with Crippen molar-refractivity contribution >= 4 is 62.4 Å². The van der Waals surface area contributed by atoms with E-state index in [0.717, 1.165) is 32.9 Å². The molecule has 8 rings (SSSR count). The summed E-state index contributed by atoms with van der Waals surface area (Å²) in [6.45, 7) is 4.21. The minimum Gasteiger partial charge on any atom is -0.379 e. The van der Waals surface area contributed by atoms with Crippen molar-refractivity contribution in [3.63, 3.8) is 0 Å². The van der Waals surface area contributed by atoms with Gasteiger partial charge in [0.25, 0.3) is 0 Å². The maximum Gasteiger partial charge on any atom is 0.209 e. The van der Waals surface area contributed by atoms with Crippen molar-refractivity contribution in [3.8, 4) is 0 Å². The molecule has 11 heteroatoms. The number of carbonyl (C=O) groups excluding carboxylic acids is 3. The van der Waals surface area contributed by atoms with Gasteiger partial charge in [-0.25, -0.2) is 0 Å². The number of hydrogen-bond donors (Lipinski definition) is 2. The Morgan fingerprint density at radius 3 is 1.35 bits per heavy atom. The molecule has 276 valence electrons. The molecule has 4 aromatic carbocycles. The second-order valence-electron chi connectivity index (χ2n) is 13.9. The van der Waals surface area contributed by atoms with Crippen molar-refractivity contribution in [1.82, 2.24) is 19.8 Å². The summed E-state index contributed by atoms with van der Waals surface area (Å²) in [4.78, 5) is 55.0. The summed E-state index contributed by atoms with van der Waals surface area (Å²) in [6.07, 6.45) is 0.572. The van der Waals surface area contributed by atoms with Gasteiger partial charge in [-0.15, -0.1) is 0 Å². The molecule has 6 aromatic rings. The van der Waals surface area contributed by atoms with Gasteiger partial charge >= 0.3 is 0 Å². The van der Waals surface area contributed by atoms with E-state index in [0.29, 0.717) is 85.2 Å². The van der Waals surface area contributed by atoms with Crippen LogP contribution in [-0.4, -0.2) is 102 Å². The number of hydrogen-bond acceptors (Lipinski definition) is 7. The summed E-state index contributed by atoms with van der Waals surface area (Å²) >= 11 is 12.9. The monoisotopic (exact) mass is 762 g/mol. The lowest BCUT2D eigenvalue weighted by Gasteiger charge is -2.39. The Morgan fingerprint density at radius 2 is 0.963 bits per heavy atom. The number of ether oxygens (including phenoxy) is 2. The van der Waals surface area contributed by atoms with E-state index in [2.05, 4.69) is 19.8 Å². The first-order valence-electron chi connectivity index (χ1n) is 18.3. The van der Waals surface area contributed by atoms with E-state index in [9.17, 15) is 9.59 Å². The molecule has 2 fully saturated rings. The van der Waals surface area contributed by atoms with Crippen LogP contribution in [0.3, 0.4) is 0 Å². The zero-order valence-corrected chi connectivity index (χ0v) is 31.2. The fourth-order valence-electron chi connectivity index (χ4n) is 7.94. The van der Waals surface area contributed by atoms with Crippen molar-refractivity contribution in [1.29, 1.82) is 0 Å². The number of nitrogens with zero attached hydrogens (tertiary/aromatic N) is 2. The third-order valence-corrected chi connectivity index (χ3v) is 11.2. The topological polar surface area (TPSA) is 108 Å². The van der Waals surface area contributed by atoms with Gasteiger partial charge < -0.3 is 19.4 Å². The number of Topliss-reactive ketones (excluding diaryl/α,β-unsaturated/α-hetero) is 1. The molecule has 54 heavy (non-hydrogen) atoms. The third kappa shape index (κ3) is 7.40. The summed E-state index contributed by atoms with van der Waals surface area (Å²) < 4.78 is 11.5. The lowest BCUT2D eigenvalue weighted by Crippen LogP contribution is -2.57. The number of fused-ring (bicyclic) bond motifs is 2. The highest BCUT2D eigenvalue weighted by molar-refractivity contribution is 6.31. The van der Waals surface area contributed by atoms with Crippen LogP contribution in [0, 0.1) is 0 Å². The minimum atomic E-state index is -0.605. The molecule has 0 bridgehead atoms. The first-order valence-corrected chi connectivity index (χ1v) is 19.1. The van der Waals surface area contributed by atoms with Gasteiger partial charge in [-0.3, -0.25) is 24.2 Å². The molecule has 2 saturated heterocycles. The second kappa shape index (κ2) is 16.0. The predicted molar refractivity (Wildman–Crippen MR) is 211 cm³/mol. The van der Waals surface area contributed by atoms with Crippen LogP contribution in [0.1, 0.15) is 43.2 Å². The number of carbonyl (C=O) groups is 3. The SMILES string of the molecule is O=C(c1ccccc1)c1[nH]c2cc(Cl)ccc2c1CC(C(=O)C(Cc1c(C(=O)c2ccccc2)[nH]c2cc(Cl)ccc12)N1CCOCC1)N1CCOCC1. The molecule has 0 radical (unpaired) electrons. The van der Waals surface area contributed by atoms with Crippen molar-refractivity contribution in [3.05, 3.63) is 141 Å². The standard InChI is InChI=1S/C43H40Cl2N4O5/c44-29-11-13-31-33(39(46-35(31)23-29)41(50)27-7-3-1-4-8-27)25-37(48-15-19-53-20-16-48)43(52)38(49-17-21-54-22-18-49)26-34-32-14-12-30(45)24-36(32)47-40(34)42(51)28-9-5-2-6-10-28/h1-14,23-24,37-38,46-47H,15-22,25-26H2. The van der Waals surface area contributed by atoms with Crippen molar-refractivity contribution in [2.75, 3.05) is 52.6 Å². The van der Waals surface area contributed by atoms with E-state index < -0.39 is 12.1 Å². The number of H-pyrrole nitrogens is 2. The van der Waals surface area contributed by atoms with Gasteiger partial charge in [0.15, 0.2) is 5.78 Å². The smallest absolute Gasteiger partial charge is 0.209 e. The summed E-state index contributed by atoms with van der Waals surface area (Å²) in [5.41, 5.74) is 4.98. The van der Waals surface area contributed by atoms with Crippen LogP contribution in [0.2, 0.25) is 10.0 Å². The summed E-state index contributed by atoms with van der Waals surface area (Å²) in [7, 11) is 0. The number of morpholine rings is 2. The number of aromatic nitrogens is 2. The maximum atomic E-state index is 15.6. The number of ketones is 3. The van der Waals surface area contributed by atoms with E-state index in [1.54, 1.807) is 24.3 Å². The molecule has 2 atom stereocenters. The number of halogens is 2. The minimum absolute atomic E-state index is 0.0154. The van der Waals surface area contributed by atoms with E-state index >= 15 is 4.79 Å². The first kappa shape index (κ1) is 36.4. The lowest BCUT2D eigenvalue weighted by atomic mass is 9.88. The van der Waals surface area contributed by atoms with Gasteiger partial charge in [-0.05, 0) is 48.2 Å². The number of benzene rings is 4. The number of nitrogens with one attached hydrogen (secondary N) is 2. The zero-order chi connectivity index (χ0) is 37.2. The van der Waals surface area contributed by atoms with Crippen LogP contribution < -0.4 is 0 Å². The highest BCUT2D eigenvalue weighted by atomic mass is 35.5. The molecule has 0 saturated carbocycles. The molecular weight excluding hydrogens is 723 g/mol. The molecule has 2 aliphatic rings. The quantitative estimate of drug-likeness (QED) is 0.127. The molecule has 0 aliphatic carbocycles. The van der Waals surface area contributed by atoms with Gasteiger partial charge in [0.2, 0.25) is 11.6 Å². The lowest BCUT2D eigenvalue weighted by molar-refractivity contribution is -0.133. The zero-order valence-electron chi connectivity index (χ0n) is 29.7. The summed E-state index contributed by atoms with van der Waals surface area (Å²) in [6, 6.07) is 28.2. The fraction of sp³-hybridized carbons (Fsp3) is 0.279. The van der Waals surface area contributed by atoms with Crippen LogP contribution in [0.25, 0.3) is 21.8 Å².